The van der Waals surface area contributed by atoms with Crippen LogP contribution in [0, 0.1) is 6.92 Å². The molecular formula is C18H22N2S. The molecule has 1 atom stereocenters. The van der Waals surface area contributed by atoms with Crippen molar-refractivity contribution in [2.24, 2.45) is 0 Å². The topological polar surface area (TPSA) is 16.1 Å². The molecule has 1 aliphatic heterocycles. The van der Waals surface area contributed by atoms with Gasteiger partial charge in [-0.05, 0) is 43.7 Å². The van der Waals surface area contributed by atoms with Gasteiger partial charge < -0.3 is 0 Å². The van der Waals surface area contributed by atoms with E-state index in [9.17, 15) is 0 Å². The van der Waals surface area contributed by atoms with Crippen LogP contribution in [-0.4, -0.2) is 28.2 Å². The minimum Gasteiger partial charge on any atom is -0.297 e. The van der Waals surface area contributed by atoms with Crippen molar-refractivity contribution in [3.05, 3.63) is 59.4 Å². The Morgan fingerprint density at radius 3 is 2.81 bits per heavy atom. The van der Waals surface area contributed by atoms with E-state index >= 15 is 0 Å². The van der Waals surface area contributed by atoms with Crippen LogP contribution in [0.25, 0.3) is 0 Å². The summed E-state index contributed by atoms with van der Waals surface area (Å²) in [5, 5.41) is 0.673. The van der Waals surface area contributed by atoms with Crippen LogP contribution < -0.4 is 0 Å². The molecule has 21 heavy (non-hydrogen) atoms. The number of rotatable bonds is 5. The van der Waals surface area contributed by atoms with Gasteiger partial charge in [0.1, 0.15) is 0 Å². The minimum atomic E-state index is 0.673. The minimum absolute atomic E-state index is 0.673. The molecule has 0 amide bonds. The quantitative estimate of drug-likeness (QED) is 0.832. The van der Waals surface area contributed by atoms with Crippen LogP contribution in [0.5, 0.6) is 0 Å². The molecular weight excluding hydrogens is 276 g/mol. The zero-order valence-electron chi connectivity index (χ0n) is 12.7. The van der Waals surface area contributed by atoms with Gasteiger partial charge in [-0.25, -0.2) is 0 Å². The van der Waals surface area contributed by atoms with Crippen molar-refractivity contribution in [1.29, 1.82) is 0 Å². The monoisotopic (exact) mass is 298 g/mol. The van der Waals surface area contributed by atoms with Crippen LogP contribution >= 0.6 is 11.8 Å². The van der Waals surface area contributed by atoms with E-state index < -0.39 is 0 Å². The lowest BCUT2D eigenvalue weighted by Crippen LogP contribution is -2.30. The highest BCUT2D eigenvalue weighted by Gasteiger charge is 2.23. The zero-order chi connectivity index (χ0) is 14.7. The summed E-state index contributed by atoms with van der Waals surface area (Å²) in [4.78, 5) is 8.60. The van der Waals surface area contributed by atoms with E-state index in [-0.39, 0.29) is 0 Å². The average molecular weight is 298 g/mol. The SMILES string of the molecule is CCN(Cc1cccc(C)n1)CC1Cc2ccccc2S1. The summed E-state index contributed by atoms with van der Waals surface area (Å²) >= 11 is 2.03. The van der Waals surface area contributed by atoms with E-state index in [1.54, 1.807) is 0 Å². The van der Waals surface area contributed by atoms with Gasteiger partial charge in [0.15, 0.2) is 0 Å². The molecule has 2 aromatic rings. The maximum Gasteiger partial charge on any atom is 0.0547 e. The lowest BCUT2D eigenvalue weighted by Gasteiger charge is -2.23. The Balaban J connectivity index is 1.61. The Labute approximate surface area is 131 Å². The van der Waals surface area contributed by atoms with E-state index in [1.807, 2.05) is 11.8 Å². The lowest BCUT2D eigenvalue weighted by atomic mass is 10.1. The predicted octanol–water partition coefficient (Wildman–Crippen LogP) is 3.93. The number of hydrogen-bond acceptors (Lipinski definition) is 3. The molecule has 0 radical (unpaired) electrons. The third-order valence-corrected chi connectivity index (χ3v) is 5.26. The third-order valence-electron chi connectivity index (χ3n) is 3.95. The second-order valence-electron chi connectivity index (χ2n) is 5.65. The molecule has 1 aromatic carbocycles. The highest BCUT2D eigenvalue weighted by molar-refractivity contribution is 8.00. The molecule has 1 aliphatic rings. The van der Waals surface area contributed by atoms with Crippen molar-refractivity contribution in [2.45, 2.75) is 37.0 Å². The first-order valence-electron chi connectivity index (χ1n) is 7.64. The van der Waals surface area contributed by atoms with Gasteiger partial charge in [-0.3, -0.25) is 9.88 Å². The number of pyridine rings is 1. The number of benzene rings is 1. The molecule has 0 saturated carbocycles. The molecule has 0 spiro atoms. The van der Waals surface area contributed by atoms with E-state index in [0.29, 0.717) is 5.25 Å². The molecule has 0 fully saturated rings. The maximum absolute atomic E-state index is 4.63. The van der Waals surface area contributed by atoms with Crippen molar-refractivity contribution < 1.29 is 0 Å². The van der Waals surface area contributed by atoms with Crippen LogP contribution in [0.1, 0.15) is 23.9 Å². The molecule has 0 aliphatic carbocycles. The Hall–Kier alpha value is -1.32. The summed E-state index contributed by atoms with van der Waals surface area (Å²) in [7, 11) is 0. The number of hydrogen-bond donors (Lipinski definition) is 0. The predicted molar refractivity (Wildman–Crippen MR) is 89.7 cm³/mol. The van der Waals surface area contributed by atoms with Gasteiger partial charge in [-0.2, -0.15) is 0 Å². The third kappa shape index (κ3) is 3.66. The molecule has 2 nitrogen and oxygen atoms in total. The molecule has 0 saturated heterocycles. The molecule has 2 heterocycles. The van der Waals surface area contributed by atoms with Crippen LogP contribution in [0.4, 0.5) is 0 Å². The Kier molecular flexibility index (Phi) is 4.61. The smallest absolute Gasteiger partial charge is 0.0547 e. The summed E-state index contributed by atoms with van der Waals surface area (Å²) in [6.07, 6.45) is 1.19. The van der Waals surface area contributed by atoms with Gasteiger partial charge in [0.25, 0.3) is 0 Å². The van der Waals surface area contributed by atoms with Gasteiger partial charge >= 0.3 is 0 Å². The first kappa shape index (κ1) is 14.6. The molecule has 0 bridgehead atoms. The molecule has 3 rings (SSSR count). The Morgan fingerprint density at radius 2 is 2.05 bits per heavy atom. The maximum atomic E-state index is 4.63. The second-order valence-corrected chi connectivity index (χ2v) is 6.99. The number of aromatic nitrogens is 1. The van der Waals surface area contributed by atoms with Gasteiger partial charge in [0.05, 0.1) is 5.69 Å². The molecule has 0 N–H and O–H groups in total. The van der Waals surface area contributed by atoms with E-state index in [0.717, 1.165) is 25.3 Å². The Bertz CT molecular complexity index is 587. The number of thioether (sulfide) groups is 1. The highest BCUT2D eigenvalue weighted by atomic mass is 32.2. The summed E-state index contributed by atoms with van der Waals surface area (Å²) < 4.78 is 0. The standard InChI is InChI=1S/C18H22N2S/c1-3-20(12-16-9-6-7-14(2)19-16)13-17-11-15-8-4-5-10-18(15)21-17/h4-10,17H,3,11-13H2,1-2H3. The fourth-order valence-corrected chi connectivity index (χ4v) is 4.23. The van der Waals surface area contributed by atoms with E-state index in [2.05, 4.69) is 66.2 Å². The van der Waals surface area contributed by atoms with Gasteiger partial charge in [0, 0.05) is 28.9 Å². The fourth-order valence-electron chi connectivity index (χ4n) is 2.87. The first-order chi connectivity index (χ1) is 10.2. The van der Waals surface area contributed by atoms with Crippen LogP contribution in [0.2, 0.25) is 0 Å². The average Bonchev–Trinajstić information content (AvgIpc) is 2.89. The lowest BCUT2D eigenvalue weighted by molar-refractivity contribution is 0.277. The first-order valence-corrected chi connectivity index (χ1v) is 8.52. The molecule has 3 heteroatoms. The number of nitrogens with zero attached hydrogens (tertiary/aromatic N) is 2. The normalized spacial score (nSPS) is 17.2. The number of aryl methyl sites for hydroxylation is 1. The van der Waals surface area contributed by atoms with Crippen LogP contribution in [0.3, 0.4) is 0 Å². The van der Waals surface area contributed by atoms with Crippen molar-refractivity contribution in [1.82, 2.24) is 9.88 Å². The van der Waals surface area contributed by atoms with Gasteiger partial charge in [0.2, 0.25) is 0 Å². The van der Waals surface area contributed by atoms with Gasteiger partial charge in [-0.15, -0.1) is 11.8 Å². The fraction of sp³-hybridized carbons (Fsp3) is 0.389. The van der Waals surface area contributed by atoms with Crippen molar-refractivity contribution >= 4 is 11.8 Å². The molecule has 1 aromatic heterocycles. The van der Waals surface area contributed by atoms with E-state index in [1.165, 1.54) is 22.6 Å². The Morgan fingerprint density at radius 1 is 1.19 bits per heavy atom. The zero-order valence-corrected chi connectivity index (χ0v) is 13.6. The van der Waals surface area contributed by atoms with E-state index in [4.69, 9.17) is 0 Å². The molecule has 1 unspecified atom stereocenters. The molecule has 110 valence electrons. The second kappa shape index (κ2) is 6.63. The largest absolute Gasteiger partial charge is 0.297 e. The number of fused-ring (bicyclic) bond motifs is 1. The summed E-state index contributed by atoms with van der Waals surface area (Å²) in [6.45, 7) is 7.45. The van der Waals surface area contributed by atoms with Crippen molar-refractivity contribution in [3.63, 3.8) is 0 Å². The van der Waals surface area contributed by atoms with Gasteiger partial charge in [-0.1, -0.05) is 31.2 Å². The highest BCUT2D eigenvalue weighted by Crippen LogP contribution is 2.37. The summed E-state index contributed by atoms with van der Waals surface area (Å²) in [6, 6.07) is 15.1. The van der Waals surface area contributed by atoms with Crippen molar-refractivity contribution in [2.75, 3.05) is 13.1 Å². The van der Waals surface area contributed by atoms with Crippen molar-refractivity contribution in [3.8, 4) is 0 Å². The summed E-state index contributed by atoms with van der Waals surface area (Å²) in [5.74, 6) is 0. The summed E-state index contributed by atoms with van der Waals surface area (Å²) in [5.41, 5.74) is 3.79. The van der Waals surface area contributed by atoms with Crippen LogP contribution in [-0.2, 0) is 13.0 Å². The van der Waals surface area contributed by atoms with Crippen LogP contribution in [0.15, 0.2) is 47.4 Å².